The zero-order chi connectivity index (χ0) is 17.6. The van der Waals surface area contributed by atoms with Crippen LogP contribution in [0.3, 0.4) is 0 Å². The first kappa shape index (κ1) is 16.4. The smallest absolute Gasteiger partial charge is 0.236 e. The number of ketones is 1. The van der Waals surface area contributed by atoms with Gasteiger partial charge >= 0.3 is 0 Å². The van der Waals surface area contributed by atoms with Gasteiger partial charge in [0.2, 0.25) is 17.5 Å². The van der Waals surface area contributed by atoms with Crippen molar-refractivity contribution in [2.24, 2.45) is 11.8 Å². The van der Waals surface area contributed by atoms with Gasteiger partial charge in [-0.05, 0) is 25.5 Å². The minimum Gasteiger partial charge on any atom is -0.436 e. The average Bonchev–Trinajstić information content (AvgIpc) is 3.07. The van der Waals surface area contributed by atoms with Crippen LogP contribution in [0, 0.1) is 11.8 Å². The van der Waals surface area contributed by atoms with Crippen molar-refractivity contribution in [1.29, 1.82) is 0 Å². The monoisotopic (exact) mass is 343 g/mol. The number of carbonyl (C=O) groups excluding carboxylic acids is 1. The zero-order valence-corrected chi connectivity index (χ0v) is 14.5. The fourth-order valence-corrected chi connectivity index (χ4v) is 4.10. The Hall–Kier alpha value is -2.02. The van der Waals surface area contributed by atoms with Gasteiger partial charge in [0.25, 0.3) is 0 Å². The second kappa shape index (κ2) is 6.05. The Bertz CT molecular complexity index is 802. The minimum atomic E-state index is -1.32. The van der Waals surface area contributed by atoms with E-state index < -0.39 is 11.7 Å². The summed E-state index contributed by atoms with van der Waals surface area (Å²) in [6, 6.07) is 7.60. The Morgan fingerprint density at radius 2 is 2.04 bits per heavy atom. The van der Waals surface area contributed by atoms with Crippen LogP contribution < -0.4 is 0 Å². The summed E-state index contributed by atoms with van der Waals surface area (Å²) in [7, 11) is 3.00. The average molecular weight is 343 g/mol. The molecule has 5 rings (SSSR count). The maximum absolute atomic E-state index is 13.0. The fourth-order valence-electron chi connectivity index (χ4n) is 4.10. The van der Waals surface area contributed by atoms with Gasteiger partial charge in [-0.2, -0.15) is 0 Å². The first-order valence-electron chi connectivity index (χ1n) is 8.48. The van der Waals surface area contributed by atoms with E-state index in [0.29, 0.717) is 24.5 Å². The van der Waals surface area contributed by atoms with Gasteiger partial charge in [0.05, 0.1) is 17.9 Å². The summed E-state index contributed by atoms with van der Waals surface area (Å²) < 4.78 is 22.9. The molecule has 1 aromatic heterocycles. The van der Waals surface area contributed by atoms with E-state index in [1.807, 2.05) is 37.3 Å². The Morgan fingerprint density at radius 3 is 2.72 bits per heavy atom. The highest BCUT2D eigenvalue weighted by Gasteiger charge is 2.61. The summed E-state index contributed by atoms with van der Waals surface area (Å²) in [5.41, 5.74) is 2.35. The minimum absolute atomic E-state index is 0.105. The maximum atomic E-state index is 13.0. The second-order valence-electron chi connectivity index (χ2n) is 6.36. The Morgan fingerprint density at radius 1 is 1.28 bits per heavy atom. The highest BCUT2D eigenvalue weighted by molar-refractivity contribution is 5.98. The number of hydrogen-bond acceptors (Lipinski definition) is 6. The number of hydrogen-bond donors (Lipinski definition) is 0. The number of oxazole rings is 1. The molecule has 6 heteroatoms. The van der Waals surface area contributed by atoms with E-state index in [9.17, 15) is 4.79 Å². The van der Waals surface area contributed by atoms with Gasteiger partial charge < -0.3 is 18.6 Å². The topological polar surface area (TPSA) is 70.8 Å². The molecular weight excluding hydrogens is 322 g/mol. The molecule has 2 aromatic rings. The van der Waals surface area contributed by atoms with Crippen molar-refractivity contribution in [1.82, 2.24) is 4.98 Å². The molecule has 25 heavy (non-hydrogen) atoms. The van der Waals surface area contributed by atoms with E-state index in [4.69, 9.17) is 18.6 Å². The van der Waals surface area contributed by atoms with Crippen LogP contribution in [0.4, 0.5) is 0 Å². The molecule has 0 N–H and O–H groups in total. The number of benzene rings is 1. The molecule has 1 aromatic carbocycles. The van der Waals surface area contributed by atoms with Crippen molar-refractivity contribution in [2.45, 2.75) is 25.2 Å². The Kier molecular flexibility index (Phi) is 3.98. The predicted molar refractivity (Wildman–Crippen MR) is 90.8 cm³/mol. The standard InChI is InChI=1S/C19H21NO5/c1-4-24-16-10-13-11(9-12(16)17(21)19(13,22-2)23-3)18-20-14-7-5-6-8-15(14)25-18/h5-9,12-13,16H,4,10H2,1-3H3/t12-,13-,16-/m1/s1. The van der Waals surface area contributed by atoms with Crippen LogP contribution in [-0.4, -0.2) is 43.5 Å². The third-order valence-electron chi connectivity index (χ3n) is 5.24. The van der Waals surface area contributed by atoms with Crippen LogP contribution in [0.25, 0.3) is 16.7 Å². The van der Waals surface area contributed by atoms with Gasteiger partial charge in [-0.25, -0.2) is 4.98 Å². The molecular formula is C19H21NO5. The summed E-state index contributed by atoms with van der Waals surface area (Å²) in [4.78, 5) is 17.6. The molecule has 132 valence electrons. The van der Waals surface area contributed by atoms with Gasteiger partial charge in [-0.15, -0.1) is 0 Å². The van der Waals surface area contributed by atoms with Gasteiger partial charge in [-0.1, -0.05) is 18.2 Å². The molecule has 0 radical (unpaired) electrons. The molecule has 1 saturated carbocycles. The van der Waals surface area contributed by atoms with Crippen molar-refractivity contribution in [3.8, 4) is 0 Å². The van der Waals surface area contributed by atoms with Crippen molar-refractivity contribution in [3.63, 3.8) is 0 Å². The van der Waals surface area contributed by atoms with Crippen molar-refractivity contribution in [3.05, 3.63) is 36.2 Å². The quantitative estimate of drug-likeness (QED) is 0.778. The molecule has 1 fully saturated rings. The van der Waals surface area contributed by atoms with Crippen LogP contribution in [0.15, 0.2) is 34.8 Å². The number of ether oxygens (including phenoxy) is 3. The van der Waals surface area contributed by atoms with E-state index in [1.165, 1.54) is 14.2 Å². The van der Waals surface area contributed by atoms with Crippen LogP contribution in [0.2, 0.25) is 0 Å². The summed E-state index contributed by atoms with van der Waals surface area (Å²) in [6.07, 6.45) is 2.36. The molecule has 0 spiro atoms. The van der Waals surface area contributed by atoms with Crippen LogP contribution in [-0.2, 0) is 19.0 Å². The summed E-state index contributed by atoms with van der Waals surface area (Å²) in [5.74, 6) is -1.67. The molecule has 1 heterocycles. The highest BCUT2D eigenvalue weighted by Crippen LogP contribution is 2.51. The summed E-state index contributed by atoms with van der Waals surface area (Å²) >= 11 is 0. The lowest BCUT2D eigenvalue weighted by molar-refractivity contribution is -0.243. The molecule has 0 saturated heterocycles. The van der Waals surface area contributed by atoms with Crippen LogP contribution in [0.1, 0.15) is 19.2 Å². The van der Waals surface area contributed by atoms with E-state index in [2.05, 4.69) is 4.98 Å². The molecule has 3 aliphatic carbocycles. The van der Waals surface area contributed by atoms with E-state index >= 15 is 0 Å². The SMILES string of the molecule is CCO[C@@H]1C[C@@H]2C(c3nc4ccccc4o3)=C[C@H]1C(=O)C2(OC)OC. The lowest BCUT2D eigenvalue weighted by atomic mass is 9.65. The molecule has 3 aliphatic rings. The number of nitrogens with zero attached hydrogens (tertiary/aromatic N) is 1. The molecule has 0 unspecified atom stereocenters. The number of para-hydroxylation sites is 2. The first-order chi connectivity index (χ1) is 12.1. The Balaban J connectivity index is 1.83. The van der Waals surface area contributed by atoms with E-state index in [-0.39, 0.29) is 17.8 Å². The molecule has 3 atom stereocenters. The van der Waals surface area contributed by atoms with Crippen molar-refractivity contribution in [2.75, 3.05) is 20.8 Å². The Labute approximate surface area is 145 Å². The van der Waals surface area contributed by atoms with E-state index in [0.717, 1.165) is 11.1 Å². The zero-order valence-electron chi connectivity index (χ0n) is 14.5. The highest BCUT2D eigenvalue weighted by atomic mass is 16.7. The molecule has 0 amide bonds. The van der Waals surface area contributed by atoms with Crippen LogP contribution >= 0.6 is 0 Å². The van der Waals surface area contributed by atoms with Gasteiger partial charge in [0.1, 0.15) is 5.52 Å². The van der Waals surface area contributed by atoms with E-state index in [1.54, 1.807) is 0 Å². The number of carbonyl (C=O) groups is 1. The number of fused-ring (bicyclic) bond motifs is 3. The fraction of sp³-hybridized carbons (Fsp3) is 0.474. The largest absolute Gasteiger partial charge is 0.436 e. The number of methoxy groups -OCH3 is 2. The molecule has 6 nitrogen and oxygen atoms in total. The molecule has 2 bridgehead atoms. The number of rotatable bonds is 5. The van der Waals surface area contributed by atoms with Crippen molar-refractivity contribution >= 4 is 22.5 Å². The normalized spacial score (nSPS) is 27.7. The number of aromatic nitrogens is 1. The third-order valence-corrected chi connectivity index (χ3v) is 5.24. The maximum Gasteiger partial charge on any atom is 0.236 e. The van der Waals surface area contributed by atoms with Gasteiger partial charge in [-0.3, -0.25) is 4.79 Å². The number of Topliss-reactive ketones (excluding diaryl/α,β-unsaturated/α-hetero) is 1. The third kappa shape index (κ3) is 2.28. The van der Waals surface area contributed by atoms with Gasteiger partial charge in [0, 0.05) is 26.4 Å². The van der Waals surface area contributed by atoms with Crippen molar-refractivity contribution < 1.29 is 23.4 Å². The molecule has 0 aliphatic heterocycles. The second-order valence-corrected chi connectivity index (χ2v) is 6.36. The van der Waals surface area contributed by atoms with Crippen LogP contribution in [0.5, 0.6) is 0 Å². The lowest BCUT2D eigenvalue weighted by Gasteiger charge is -2.49. The lowest BCUT2D eigenvalue weighted by Crippen LogP contribution is -2.62. The van der Waals surface area contributed by atoms with Gasteiger partial charge in [0.15, 0.2) is 5.58 Å². The first-order valence-corrected chi connectivity index (χ1v) is 8.48. The summed E-state index contributed by atoms with van der Waals surface area (Å²) in [5, 5.41) is 0. The predicted octanol–water partition coefficient (Wildman–Crippen LogP) is 2.82. The summed E-state index contributed by atoms with van der Waals surface area (Å²) in [6.45, 7) is 2.48.